The van der Waals surface area contributed by atoms with Gasteiger partial charge in [0.05, 0.1) is 5.69 Å². The number of nitrogens with zero attached hydrogens (tertiary/aromatic N) is 2. The van der Waals surface area contributed by atoms with Crippen molar-refractivity contribution in [3.63, 3.8) is 0 Å². The van der Waals surface area contributed by atoms with Crippen LogP contribution >= 0.6 is 0 Å². The van der Waals surface area contributed by atoms with Crippen molar-refractivity contribution in [1.29, 1.82) is 0 Å². The summed E-state index contributed by atoms with van der Waals surface area (Å²) in [5.74, 6) is 0.358. The van der Waals surface area contributed by atoms with Crippen LogP contribution in [0.4, 0.5) is 5.82 Å². The normalized spacial score (nSPS) is 25.0. The van der Waals surface area contributed by atoms with E-state index in [1.54, 1.807) is 6.07 Å². The zero-order chi connectivity index (χ0) is 18.0. The van der Waals surface area contributed by atoms with Crippen LogP contribution in [0.25, 0.3) is 11.3 Å². The molecule has 6 heteroatoms. The molecule has 0 aromatic carbocycles. The van der Waals surface area contributed by atoms with Crippen LogP contribution < -0.4 is 16.1 Å². The van der Waals surface area contributed by atoms with E-state index in [0.29, 0.717) is 17.5 Å². The van der Waals surface area contributed by atoms with E-state index < -0.39 is 5.97 Å². The molecule has 0 aromatic heterocycles. The van der Waals surface area contributed by atoms with E-state index in [0.717, 1.165) is 62.3 Å². The number of aromatic carboxylic acids is 1. The molecule has 2 fully saturated rings. The van der Waals surface area contributed by atoms with Gasteiger partial charge in [-0.1, -0.05) is 0 Å². The summed E-state index contributed by atoms with van der Waals surface area (Å²) < 4.78 is 2.26. The summed E-state index contributed by atoms with van der Waals surface area (Å²) >= 11 is 0. The minimum atomic E-state index is -1.13. The Morgan fingerprint density at radius 2 is 2.04 bits per heavy atom. The van der Waals surface area contributed by atoms with Gasteiger partial charge in [-0.25, -0.2) is 4.79 Å². The van der Waals surface area contributed by atoms with Crippen LogP contribution in [0.2, 0.25) is 0 Å². The predicted octanol–water partition coefficient (Wildman–Crippen LogP) is 2.23. The molecule has 0 amide bonds. The second kappa shape index (κ2) is 5.58. The molecule has 2 aliphatic carbocycles. The number of aromatic nitrogens is 1. The minimum absolute atomic E-state index is 0.102. The van der Waals surface area contributed by atoms with Crippen molar-refractivity contribution in [2.24, 2.45) is 5.73 Å². The monoisotopic (exact) mass is 353 g/mol. The summed E-state index contributed by atoms with van der Waals surface area (Å²) in [5, 5.41) is 9.46. The SMILES string of the molecule is NC1CC2CCCn3c(ccc4c(=O)c(C(=O)O)cc(C5CC5)c3-4)N2C1. The van der Waals surface area contributed by atoms with Crippen molar-refractivity contribution in [2.45, 2.75) is 56.7 Å². The summed E-state index contributed by atoms with van der Waals surface area (Å²) in [6.07, 6.45) is 5.29. The molecule has 6 nitrogen and oxygen atoms in total. The Hall–Kier alpha value is -2.34. The van der Waals surface area contributed by atoms with Crippen molar-refractivity contribution in [3.05, 3.63) is 39.5 Å². The molecule has 3 heterocycles. The molecule has 5 aliphatic rings. The van der Waals surface area contributed by atoms with Gasteiger partial charge in [0.15, 0.2) is 0 Å². The molecule has 5 rings (SSSR count). The molecular formula is C20H23N3O3. The summed E-state index contributed by atoms with van der Waals surface area (Å²) in [5.41, 5.74) is 8.26. The number of anilines is 1. The van der Waals surface area contributed by atoms with Gasteiger partial charge in [-0.05, 0) is 61.8 Å². The van der Waals surface area contributed by atoms with Crippen LogP contribution in [0.3, 0.4) is 0 Å². The number of fused-ring (bicyclic) bond motifs is 5. The summed E-state index contributed by atoms with van der Waals surface area (Å²) in [6.45, 7) is 1.70. The first kappa shape index (κ1) is 15.9. The third kappa shape index (κ3) is 2.28. The summed E-state index contributed by atoms with van der Waals surface area (Å²) in [4.78, 5) is 26.7. The van der Waals surface area contributed by atoms with Gasteiger partial charge in [-0.15, -0.1) is 0 Å². The first-order valence-corrected chi connectivity index (χ1v) is 9.50. The molecule has 0 bridgehead atoms. The number of carboxylic acids is 1. The Labute approximate surface area is 151 Å². The Kier molecular flexibility index (Phi) is 3.41. The van der Waals surface area contributed by atoms with Gasteiger partial charge < -0.3 is 20.3 Å². The highest BCUT2D eigenvalue weighted by atomic mass is 16.4. The molecule has 136 valence electrons. The van der Waals surface area contributed by atoms with E-state index in [1.165, 1.54) is 0 Å². The number of hydrogen-bond donors (Lipinski definition) is 2. The molecule has 1 saturated heterocycles. The standard InChI is InChI=1S/C20H23N3O3/c21-12-8-13-2-1-7-22-17(23(13)10-12)6-5-14-18(22)15(11-3-4-11)9-16(19(14)24)20(25)26/h5-6,9,11-13H,1-4,7-8,10,21H2,(H,25,26). The molecule has 26 heavy (non-hydrogen) atoms. The Morgan fingerprint density at radius 1 is 1.23 bits per heavy atom. The number of carbonyl (C=O) groups is 1. The first-order valence-electron chi connectivity index (χ1n) is 9.50. The smallest absolute Gasteiger partial charge is 0.339 e. The van der Waals surface area contributed by atoms with E-state index in [4.69, 9.17) is 5.73 Å². The predicted molar refractivity (Wildman–Crippen MR) is 99.2 cm³/mol. The maximum Gasteiger partial charge on any atom is 0.339 e. The number of rotatable bonds is 2. The van der Waals surface area contributed by atoms with Crippen LogP contribution in [-0.2, 0) is 6.54 Å². The fourth-order valence-electron chi connectivity index (χ4n) is 4.85. The first-order chi connectivity index (χ1) is 12.5. The van der Waals surface area contributed by atoms with E-state index in [2.05, 4.69) is 9.47 Å². The van der Waals surface area contributed by atoms with Gasteiger partial charge in [0.1, 0.15) is 11.4 Å². The van der Waals surface area contributed by atoms with Crippen LogP contribution in [0.1, 0.15) is 53.9 Å². The van der Waals surface area contributed by atoms with Gasteiger partial charge >= 0.3 is 5.97 Å². The lowest BCUT2D eigenvalue weighted by Gasteiger charge is -2.29. The van der Waals surface area contributed by atoms with Crippen LogP contribution in [-0.4, -0.2) is 34.3 Å². The highest BCUT2D eigenvalue weighted by Gasteiger charge is 2.36. The molecule has 3 N–H and O–H groups in total. The zero-order valence-corrected chi connectivity index (χ0v) is 14.6. The molecule has 0 radical (unpaired) electrons. The number of carboxylic acid groups (broad SMARTS) is 1. The Bertz CT molecular complexity index is 931. The Morgan fingerprint density at radius 3 is 2.77 bits per heavy atom. The van der Waals surface area contributed by atoms with Crippen LogP contribution in [0.5, 0.6) is 0 Å². The van der Waals surface area contributed by atoms with Gasteiger partial charge in [0.25, 0.3) is 0 Å². The average molecular weight is 353 g/mol. The topological polar surface area (TPSA) is 88.6 Å². The second-order valence-electron chi connectivity index (χ2n) is 7.97. The molecule has 3 aliphatic heterocycles. The largest absolute Gasteiger partial charge is 0.478 e. The molecule has 1 saturated carbocycles. The molecule has 0 spiro atoms. The lowest BCUT2D eigenvalue weighted by molar-refractivity contribution is 0.0695. The highest BCUT2D eigenvalue weighted by Crippen LogP contribution is 2.46. The van der Waals surface area contributed by atoms with Crippen LogP contribution in [0.15, 0.2) is 23.0 Å². The minimum Gasteiger partial charge on any atom is -0.478 e. The molecular weight excluding hydrogens is 330 g/mol. The van der Waals surface area contributed by atoms with Gasteiger partial charge in [0, 0.05) is 30.7 Å². The quantitative estimate of drug-likeness (QED) is 0.864. The lowest BCUT2D eigenvalue weighted by atomic mass is 9.95. The number of pyridine rings is 1. The number of hydrogen-bond acceptors (Lipinski definition) is 4. The van der Waals surface area contributed by atoms with Gasteiger partial charge in [-0.2, -0.15) is 0 Å². The van der Waals surface area contributed by atoms with Crippen molar-refractivity contribution < 1.29 is 9.90 Å². The van der Waals surface area contributed by atoms with Crippen LogP contribution in [0, 0.1) is 0 Å². The van der Waals surface area contributed by atoms with E-state index >= 15 is 0 Å². The molecule has 2 unspecified atom stereocenters. The van der Waals surface area contributed by atoms with Gasteiger partial charge in [0.2, 0.25) is 5.43 Å². The van der Waals surface area contributed by atoms with E-state index in [1.807, 2.05) is 12.1 Å². The third-order valence-corrected chi connectivity index (χ3v) is 6.17. The van der Waals surface area contributed by atoms with E-state index in [9.17, 15) is 14.7 Å². The maximum atomic E-state index is 12.8. The number of nitrogens with two attached hydrogens (primary N) is 1. The molecule has 0 aromatic rings. The fourth-order valence-corrected chi connectivity index (χ4v) is 4.85. The third-order valence-electron chi connectivity index (χ3n) is 6.17. The van der Waals surface area contributed by atoms with Gasteiger partial charge in [-0.3, -0.25) is 4.79 Å². The average Bonchev–Trinajstić information content (AvgIpc) is 3.40. The maximum absolute atomic E-state index is 12.8. The summed E-state index contributed by atoms with van der Waals surface area (Å²) in [6, 6.07) is 6.10. The lowest BCUT2D eigenvalue weighted by Crippen LogP contribution is -2.32. The molecule has 2 atom stereocenters. The van der Waals surface area contributed by atoms with Crippen molar-refractivity contribution in [2.75, 3.05) is 11.4 Å². The highest BCUT2D eigenvalue weighted by molar-refractivity contribution is 5.91. The van der Waals surface area contributed by atoms with Crippen molar-refractivity contribution >= 4 is 11.8 Å². The fraction of sp³-hybridized carbons (Fsp3) is 0.500. The van der Waals surface area contributed by atoms with Crippen molar-refractivity contribution in [3.8, 4) is 11.3 Å². The summed E-state index contributed by atoms with van der Waals surface area (Å²) in [7, 11) is 0. The van der Waals surface area contributed by atoms with Crippen molar-refractivity contribution in [1.82, 2.24) is 4.57 Å². The Balaban J connectivity index is 1.79. The van der Waals surface area contributed by atoms with E-state index in [-0.39, 0.29) is 17.0 Å². The number of benzene rings is 1. The zero-order valence-electron chi connectivity index (χ0n) is 14.6. The second-order valence-corrected chi connectivity index (χ2v) is 7.97.